The van der Waals surface area contributed by atoms with Crippen molar-refractivity contribution in [1.82, 2.24) is 4.90 Å². The lowest BCUT2D eigenvalue weighted by molar-refractivity contribution is -0.734. The normalized spacial score (nSPS) is 13.7. The van der Waals surface area contributed by atoms with Gasteiger partial charge in [-0.1, -0.05) is 0 Å². The Morgan fingerprint density at radius 3 is 2.89 bits per heavy atom. The molecule has 0 amide bonds. The Morgan fingerprint density at radius 2 is 2.21 bits per heavy atom. The summed E-state index contributed by atoms with van der Waals surface area (Å²) in [6, 6.07) is 4.01. The molecular weight excluding hydrogens is 357 g/mol. The lowest BCUT2D eigenvalue weighted by Crippen LogP contribution is -2.36. The van der Waals surface area contributed by atoms with Crippen molar-refractivity contribution >= 4 is 22.6 Å². The molecule has 2 heterocycles. The fourth-order valence-corrected chi connectivity index (χ4v) is 2.09. The molecule has 0 radical (unpaired) electrons. The van der Waals surface area contributed by atoms with E-state index in [9.17, 15) is 4.91 Å². The minimum absolute atomic E-state index is 0.452. The van der Waals surface area contributed by atoms with Crippen LogP contribution in [-0.2, 0) is 11.5 Å². The predicted molar refractivity (Wildman–Crippen MR) is 79.3 cm³/mol. The van der Waals surface area contributed by atoms with E-state index in [0.29, 0.717) is 13.5 Å². The number of halogens is 1. The molecule has 0 saturated carbocycles. The van der Waals surface area contributed by atoms with Crippen LogP contribution in [0.25, 0.3) is 0 Å². The van der Waals surface area contributed by atoms with Gasteiger partial charge < -0.3 is 9.64 Å². The summed E-state index contributed by atoms with van der Waals surface area (Å²) >= 11 is 2.26. The summed E-state index contributed by atoms with van der Waals surface area (Å²) in [7, 11) is 0. The number of aromatic nitrogens is 1. The van der Waals surface area contributed by atoms with Crippen molar-refractivity contribution < 1.29 is 9.30 Å². The second-order valence-corrected chi connectivity index (χ2v) is 5.12. The lowest BCUT2D eigenvalue weighted by Gasteiger charge is -2.17. The smallest absolute Gasteiger partial charge is 0.254 e. The zero-order valence-electron chi connectivity index (χ0n) is 10.1. The predicted octanol–water partition coefficient (Wildman–Crippen LogP) is 2.50. The van der Waals surface area contributed by atoms with Gasteiger partial charge >= 0.3 is 0 Å². The van der Waals surface area contributed by atoms with Gasteiger partial charge in [0.05, 0.1) is 9.77 Å². The molecule has 0 spiro atoms. The first-order valence-corrected chi connectivity index (χ1v) is 6.73. The number of pyridine rings is 1. The van der Waals surface area contributed by atoms with Crippen LogP contribution in [0, 0.1) is 8.48 Å². The van der Waals surface area contributed by atoms with Crippen molar-refractivity contribution in [2.75, 3.05) is 6.73 Å². The highest BCUT2D eigenvalue weighted by Crippen LogP contribution is 2.09. The molecule has 0 aliphatic carbocycles. The highest BCUT2D eigenvalue weighted by atomic mass is 127. The van der Waals surface area contributed by atoms with E-state index in [0.717, 1.165) is 9.14 Å². The van der Waals surface area contributed by atoms with Crippen LogP contribution in [0.15, 0.2) is 66.0 Å². The number of rotatable bonds is 5. The third-order valence-corrected chi connectivity index (χ3v) is 3.06. The van der Waals surface area contributed by atoms with Crippen LogP contribution < -0.4 is 4.57 Å². The maximum atomic E-state index is 10.1. The molecule has 0 aromatic carbocycles. The highest BCUT2D eigenvalue weighted by Gasteiger charge is 2.04. The summed E-state index contributed by atoms with van der Waals surface area (Å²) in [4.78, 5) is 12.0. The first kappa shape index (κ1) is 13.9. The Bertz CT molecular complexity index is 524. The average Bonchev–Trinajstić information content (AvgIpc) is 2.41. The summed E-state index contributed by atoms with van der Waals surface area (Å²) in [5, 5.41) is 2.73. The molecule has 0 bridgehead atoms. The van der Waals surface area contributed by atoms with E-state index in [1.807, 2.05) is 58.5 Å². The van der Waals surface area contributed by atoms with Crippen LogP contribution in [0.2, 0.25) is 0 Å². The molecule has 6 heteroatoms. The SMILES string of the molecule is O=NC=C1C=CN(COC[n+]2cccc(I)c2)C=C1. The Kier molecular flexibility index (Phi) is 5.22. The third-order valence-electron chi connectivity index (χ3n) is 2.42. The zero-order chi connectivity index (χ0) is 13.5. The second-order valence-electron chi connectivity index (χ2n) is 3.88. The quantitative estimate of drug-likeness (QED) is 0.455. The summed E-state index contributed by atoms with van der Waals surface area (Å²) in [6.07, 6.45) is 12.5. The molecule has 0 atom stereocenters. The van der Waals surface area contributed by atoms with Crippen LogP contribution in [-0.4, -0.2) is 11.6 Å². The Balaban J connectivity index is 1.79. The van der Waals surface area contributed by atoms with E-state index in [1.54, 1.807) is 0 Å². The second kappa shape index (κ2) is 7.15. The van der Waals surface area contributed by atoms with Crippen molar-refractivity contribution in [1.29, 1.82) is 0 Å². The van der Waals surface area contributed by atoms with E-state index in [1.165, 1.54) is 6.20 Å². The van der Waals surface area contributed by atoms with E-state index in [-0.39, 0.29) is 0 Å². The van der Waals surface area contributed by atoms with Crippen molar-refractivity contribution in [3.05, 3.63) is 69.3 Å². The van der Waals surface area contributed by atoms with Gasteiger partial charge in [0.1, 0.15) is 6.73 Å². The van der Waals surface area contributed by atoms with E-state index < -0.39 is 0 Å². The number of nitrogens with zero attached hydrogens (tertiary/aromatic N) is 3. The number of allylic oxidation sites excluding steroid dienone is 3. The number of ether oxygens (including phenoxy) is 1. The van der Waals surface area contributed by atoms with Gasteiger partial charge in [0, 0.05) is 18.5 Å². The van der Waals surface area contributed by atoms with Crippen LogP contribution in [0.4, 0.5) is 0 Å². The maximum absolute atomic E-state index is 10.1. The van der Waals surface area contributed by atoms with Crippen molar-refractivity contribution in [2.45, 2.75) is 6.73 Å². The molecule has 0 saturated heterocycles. The summed E-state index contributed by atoms with van der Waals surface area (Å²) < 4.78 is 8.73. The fraction of sp³-hybridized carbons (Fsp3) is 0.154. The molecule has 0 fully saturated rings. The van der Waals surface area contributed by atoms with Gasteiger partial charge in [-0.2, -0.15) is 4.57 Å². The van der Waals surface area contributed by atoms with Gasteiger partial charge in [0.25, 0.3) is 6.73 Å². The van der Waals surface area contributed by atoms with E-state index in [4.69, 9.17) is 4.74 Å². The molecule has 1 aliphatic rings. The van der Waals surface area contributed by atoms with E-state index >= 15 is 0 Å². The Morgan fingerprint density at radius 1 is 1.42 bits per heavy atom. The Hall–Kier alpha value is -1.54. The van der Waals surface area contributed by atoms with Crippen LogP contribution in [0.1, 0.15) is 0 Å². The molecule has 98 valence electrons. The molecule has 0 N–H and O–H groups in total. The molecule has 19 heavy (non-hydrogen) atoms. The van der Waals surface area contributed by atoms with Gasteiger partial charge in [-0.3, -0.25) is 0 Å². The zero-order valence-corrected chi connectivity index (χ0v) is 12.3. The number of nitroso groups, excluding NO2 is 1. The molecule has 1 aromatic heterocycles. The molecule has 1 aromatic rings. The van der Waals surface area contributed by atoms with Gasteiger partial charge in [-0.25, -0.2) is 0 Å². The Labute approximate surface area is 125 Å². The fourth-order valence-electron chi connectivity index (χ4n) is 1.52. The molecule has 2 rings (SSSR count). The first-order valence-electron chi connectivity index (χ1n) is 5.65. The van der Waals surface area contributed by atoms with Crippen molar-refractivity contribution in [3.63, 3.8) is 0 Å². The number of hydrogen-bond acceptors (Lipinski definition) is 4. The minimum atomic E-state index is 0.452. The summed E-state index contributed by atoms with van der Waals surface area (Å²) in [6.45, 7) is 0.945. The summed E-state index contributed by atoms with van der Waals surface area (Å²) in [5.41, 5.74) is 0.776. The van der Waals surface area contributed by atoms with Crippen LogP contribution in [0.5, 0.6) is 0 Å². The van der Waals surface area contributed by atoms with Gasteiger partial charge in [-0.05, 0) is 51.6 Å². The van der Waals surface area contributed by atoms with Crippen molar-refractivity contribution in [3.8, 4) is 0 Å². The number of hydrogen-bond donors (Lipinski definition) is 0. The standard InChI is InChI=1S/C13H13IN3O2/c14-13-2-1-5-17(9-13)11-19-10-16-6-3-12(4-7-16)8-15-18/h1-9H,10-11H2/q+1. The third kappa shape index (κ3) is 4.56. The minimum Gasteiger partial charge on any atom is -0.331 e. The summed E-state index contributed by atoms with van der Waals surface area (Å²) in [5.74, 6) is 0. The first-order chi connectivity index (χ1) is 9.28. The largest absolute Gasteiger partial charge is 0.331 e. The maximum Gasteiger partial charge on any atom is 0.254 e. The molecule has 1 aliphatic heterocycles. The van der Waals surface area contributed by atoms with Gasteiger partial charge in [0.2, 0.25) is 0 Å². The van der Waals surface area contributed by atoms with Crippen LogP contribution in [0.3, 0.4) is 0 Å². The highest BCUT2D eigenvalue weighted by molar-refractivity contribution is 14.1. The van der Waals surface area contributed by atoms with Gasteiger partial charge in [0.15, 0.2) is 12.4 Å². The average molecular weight is 370 g/mol. The lowest BCUT2D eigenvalue weighted by atomic mass is 10.2. The van der Waals surface area contributed by atoms with E-state index in [2.05, 4.69) is 27.8 Å². The van der Waals surface area contributed by atoms with Crippen molar-refractivity contribution in [2.24, 2.45) is 5.18 Å². The molecule has 5 nitrogen and oxygen atoms in total. The molecular formula is C13H13IN3O2+. The monoisotopic (exact) mass is 370 g/mol. The molecule has 0 unspecified atom stereocenters. The van der Waals surface area contributed by atoms with Crippen LogP contribution >= 0.6 is 22.6 Å². The van der Waals surface area contributed by atoms with Gasteiger partial charge in [-0.15, -0.1) is 4.91 Å². The topological polar surface area (TPSA) is 45.8 Å².